The minimum Gasteiger partial charge on any atom is -0.354 e. The van der Waals surface area contributed by atoms with Gasteiger partial charge in [0.05, 0.1) is 18.4 Å². The van der Waals surface area contributed by atoms with Gasteiger partial charge in [0.2, 0.25) is 5.91 Å². The van der Waals surface area contributed by atoms with Gasteiger partial charge in [-0.25, -0.2) is 0 Å². The monoisotopic (exact) mass is 378 g/mol. The summed E-state index contributed by atoms with van der Waals surface area (Å²) in [5.74, 6) is 0.254. The van der Waals surface area contributed by atoms with E-state index in [0.717, 1.165) is 36.1 Å². The lowest BCUT2D eigenvalue weighted by Gasteiger charge is -2.17. The summed E-state index contributed by atoms with van der Waals surface area (Å²) in [6.45, 7) is 1.21. The van der Waals surface area contributed by atoms with Crippen molar-refractivity contribution < 1.29 is 4.79 Å². The van der Waals surface area contributed by atoms with Crippen LogP contribution < -0.4 is 5.32 Å². The van der Waals surface area contributed by atoms with E-state index in [1.807, 2.05) is 29.1 Å². The lowest BCUT2D eigenvalue weighted by Crippen LogP contribution is -2.33. The minimum atomic E-state index is 0.106. The molecule has 1 aliphatic carbocycles. The fourth-order valence-corrected chi connectivity index (χ4v) is 4.18. The fourth-order valence-electron chi connectivity index (χ4n) is 3.44. The number of pyridine rings is 1. The molecule has 0 radical (unpaired) electrons. The van der Waals surface area contributed by atoms with Gasteiger partial charge in [0, 0.05) is 40.9 Å². The lowest BCUT2D eigenvalue weighted by atomic mass is 9.94. The maximum absolute atomic E-state index is 12.4. The predicted octanol–water partition coefficient (Wildman–Crippen LogP) is 4.15. The SMILES string of the molecule is O=C(NCCn1ncc(-c2cccs2)c1-c1ccncc1)C1CC=CCC1. The molecule has 1 amide bonds. The first kappa shape index (κ1) is 17.7. The molecule has 4 rings (SSSR count). The van der Waals surface area contributed by atoms with Gasteiger partial charge >= 0.3 is 0 Å². The molecule has 27 heavy (non-hydrogen) atoms. The van der Waals surface area contributed by atoms with Gasteiger partial charge in [-0.3, -0.25) is 14.5 Å². The van der Waals surface area contributed by atoms with Gasteiger partial charge in [-0.05, 0) is 42.8 Å². The number of nitrogens with one attached hydrogen (secondary N) is 1. The van der Waals surface area contributed by atoms with Crippen LogP contribution in [-0.2, 0) is 11.3 Å². The van der Waals surface area contributed by atoms with Gasteiger partial charge < -0.3 is 5.32 Å². The summed E-state index contributed by atoms with van der Waals surface area (Å²) in [6, 6.07) is 8.15. The Bertz CT molecular complexity index is 915. The van der Waals surface area contributed by atoms with Crippen LogP contribution in [0, 0.1) is 5.92 Å². The van der Waals surface area contributed by atoms with E-state index in [2.05, 4.69) is 39.0 Å². The van der Waals surface area contributed by atoms with Crippen molar-refractivity contribution in [2.45, 2.75) is 25.8 Å². The third kappa shape index (κ3) is 4.01. The number of hydrogen-bond acceptors (Lipinski definition) is 4. The van der Waals surface area contributed by atoms with E-state index in [1.165, 1.54) is 4.88 Å². The van der Waals surface area contributed by atoms with Crippen LogP contribution in [0.4, 0.5) is 0 Å². The van der Waals surface area contributed by atoms with Crippen LogP contribution in [0.25, 0.3) is 21.7 Å². The van der Waals surface area contributed by atoms with E-state index in [4.69, 9.17) is 0 Å². The Morgan fingerprint density at radius 3 is 2.89 bits per heavy atom. The molecule has 6 heteroatoms. The molecule has 0 aliphatic heterocycles. The van der Waals surface area contributed by atoms with Crippen molar-refractivity contribution in [1.82, 2.24) is 20.1 Å². The summed E-state index contributed by atoms with van der Waals surface area (Å²) in [7, 11) is 0. The Labute approximate surface area is 162 Å². The van der Waals surface area contributed by atoms with Crippen molar-refractivity contribution >= 4 is 17.2 Å². The van der Waals surface area contributed by atoms with Crippen LogP contribution in [0.5, 0.6) is 0 Å². The van der Waals surface area contributed by atoms with Crippen molar-refractivity contribution in [3.8, 4) is 21.7 Å². The number of aromatic nitrogens is 3. The number of amides is 1. The summed E-state index contributed by atoms with van der Waals surface area (Å²) < 4.78 is 1.98. The molecule has 1 N–H and O–H groups in total. The zero-order valence-electron chi connectivity index (χ0n) is 15.0. The summed E-state index contributed by atoms with van der Waals surface area (Å²) in [6.07, 6.45) is 12.5. The first-order chi connectivity index (χ1) is 13.3. The number of nitrogens with zero attached hydrogens (tertiary/aromatic N) is 3. The number of allylic oxidation sites excluding steroid dienone is 2. The summed E-state index contributed by atoms with van der Waals surface area (Å²) in [5.41, 5.74) is 3.25. The van der Waals surface area contributed by atoms with Crippen LogP contribution in [0.2, 0.25) is 0 Å². The molecule has 0 saturated heterocycles. The largest absolute Gasteiger partial charge is 0.354 e. The van der Waals surface area contributed by atoms with Gasteiger partial charge in [-0.1, -0.05) is 18.2 Å². The van der Waals surface area contributed by atoms with E-state index in [9.17, 15) is 4.79 Å². The molecule has 0 spiro atoms. The quantitative estimate of drug-likeness (QED) is 0.656. The molecule has 1 atom stereocenters. The summed E-state index contributed by atoms with van der Waals surface area (Å²) in [4.78, 5) is 17.7. The molecule has 1 aliphatic rings. The van der Waals surface area contributed by atoms with E-state index >= 15 is 0 Å². The van der Waals surface area contributed by atoms with E-state index < -0.39 is 0 Å². The number of rotatable bonds is 6. The smallest absolute Gasteiger partial charge is 0.223 e. The number of hydrogen-bond donors (Lipinski definition) is 1. The molecule has 3 heterocycles. The highest BCUT2D eigenvalue weighted by atomic mass is 32.1. The molecule has 0 fully saturated rings. The second-order valence-electron chi connectivity index (χ2n) is 6.62. The van der Waals surface area contributed by atoms with E-state index in [0.29, 0.717) is 13.1 Å². The molecule has 0 aromatic carbocycles. The third-order valence-electron chi connectivity index (χ3n) is 4.84. The van der Waals surface area contributed by atoms with Crippen LogP contribution >= 0.6 is 11.3 Å². The summed E-state index contributed by atoms with van der Waals surface area (Å²) >= 11 is 1.70. The Kier molecular flexibility index (Phi) is 5.44. The average molecular weight is 379 g/mol. The van der Waals surface area contributed by atoms with E-state index in [1.54, 1.807) is 23.7 Å². The first-order valence-corrected chi connectivity index (χ1v) is 10.1. The van der Waals surface area contributed by atoms with Gasteiger partial charge in [-0.15, -0.1) is 11.3 Å². The zero-order chi connectivity index (χ0) is 18.5. The number of carbonyl (C=O) groups is 1. The van der Waals surface area contributed by atoms with Crippen molar-refractivity contribution in [3.63, 3.8) is 0 Å². The van der Waals surface area contributed by atoms with Crippen molar-refractivity contribution in [2.75, 3.05) is 6.54 Å². The first-order valence-electron chi connectivity index (χ1n) is 9.25. The molecule has 5 nitrogen and oxygen atoms in total. The van der Waals surface area contributed by atoms with Crippen LogP contribution in [0.15, 0.2) is 60.4 Å². The molecule has 3 aromatic heterocycles. The van der Waals surface area contributed by atoms with E-state index in [-0.39, 0.29) is 11.8 Å². The molecular weight excluding hydrogens is 356 g/mol. The maximum atomic E-state index is 12.4. The Morgan fingerprint density at radius 1 is 1.26 bits per heavy atom. The van der Waals surface area contributed by atoms with Crippen LogP contribution in [-0.4, -0.2) is 27.2 Å². The topological polar surface area (TPSA) is 59.8 Å². The van der Waals surface area contributed by atoms with Gasteiger partial charge in [0.25, 0.3) is 0 Å². The average Bonchev–Trinajstić information content (AvgIpc) is 3.39. The maximum Gasteiger partial charge on any atom is 0.223 e. The normalized spacial score (nSPS) is 16.4. The molecular formula is C21H22N4OS. The summed E-state index contributed by atoms with van der Waals surface area (Å²) in [5, 5.41) is 9.75. The second-order valence-corrected chi connectivity index (χ2v) is 7.56. The van der Waals surface area contributed by atoms with Gasteiger partial charge in [0.15, 0.2) is 0 Å². The molecule has 138 valence electrons. The minimum absolute atomic E-state index is 0.106. The zero-order valence-corrected chi connectivity index (χ0v) is 15.9. The molecule has 0 saturated carbocycles. The van der Waals surface area contributed by atoms with Gasteiger partial charge in [-0.2, -0.15) is 5.10 Å². The Balaban J connectivity index is 1.51. The van der Waals surface area contributed by atoms with Crippen molar-refractivity contribution in [2.24, 2.45) is 5.92 Å². The highest BCUT2D eigenvalue weighted by molar-refractivity contribution is 7.13. The number of thiophene rings is 1. The van der Waals surface area contributed by atoms with Crippen molar-refractivity contribution in [1.29, 1.82) is 0 Å². The van der Waals surface area contributed by atoms with Gasteiger partial charge in [0.1, 0.15) is 0 Å². The highest BCUT2D eigenvalue weighted by Gasteiger charge is 2.19. The standard InChI is InChI=1S/C21H22N4OS/c26-21(17-5-2-1-3-6-17)23-12-13-25-20(16-8-10-22-11-9-16)18(15-24-25)19-7-4-14-27-19/h1-2,4,7-11,14-15,17H,3,5-6,12-13H2,(H,23,26). The number of carbonyl (C=O) groups excluding carboxylic acids is 1. The Morgan fingerprint density at radius 2 is 2.15 bits per heavy atom. The molecule has 0 bridgehead atoms. The molecule has 1 unspecified atom stereocenters. The predicted molar refractivity (Wildman–Crippen MR) is 108 cm³/mol. The second kappa shape index (κ2) is 8.31. The van der Waals surface area contributed by atoms with Crippen LogP contribution in [0.3, 0.4) is 0 Å². The van der Waals surface area contributed by atoms with Crippen molar-refractivity contribution in [3.05, 3.63) is 60.4 Å². The Hall–Kier alpha value is -2.73. The van der Waals surface area contributed by atoms with Crippen LogP contribution in [0.1, 0.15) is 19.3 Å². The highest BCUT2D eigenvalue weighted by Crippen LogP contribution is 2.34. The molecule has 3 aromatic rings. The third-order valence-corrected chi connectivity index (χ3v) is 5.75. The fraction of sp³-hybridized carbons (Fsp3) is 0.286. The lowest BCUT2D eigenvalue weighted by molar-refractivity contribution is -0.125.